The quantitative estimate of drug-likeness (QED) is 0.593. The molecule has 0 aromatic heterocycles. The van der Waals surface area contributed by atoms with Gasteiger partial charge in [-0.05, 0) is 19.5 Å². The fraction of sp³-hybridized carbons (Fsp3) is 1.00. The van der Waals surface area contributed by atoms with Gasteiger partial charge in [0.25, 0.3) is 0 Å². The average Bonchev–Trinajstić information content (AvgIpc) is 1.90. The molecule has 10 heavy (non-hydrogen) atoms. The molecule has 3 heteroatoms. The molecule has 0 spiro atoms. The molecule has 0 aromatic carbocycles. The van der Waals surface area contributed by atoms with Gasteiger partial charge in [0.2, 0.25) is 0 Å². The standard InChI is InChI=1S/C7H15Cl2N/c1-3-10(4-2)6-5-7(8)9/h7H,3-6H2,1-2H3. The van der Waals surface area contributed by atoms with E-state index in [4.69, 9.17) is 23.2 Å². The molecular weight excluding hydrogens is 169 g/mol. The summed E-state index contributed by atoms with van der Waals surface area (Å²) in [5, 5.41) is 0. The highest BCUT2D eigenvalue weighted by atomic mass is 35.5. The van der Waals surface area contributed by atoms with Crippen molar-refractivity contribution in [2.24, 2.45) is 0 Å². The smallest absolute Gasteiger partial charge is 0.109 e. The summed E-state index contributed by atoms with van der Waals surface area (Å²) < 4.78 is 0. The molecule has 0 unspecified atom stereocenters. The molecule has 0 heterocycles. The van der Waals surface area contributed by atoms with Gasteiger partial charge in [0.15, 0.2) is 0 Å². The third-order valence-corrected chi connectivity index (χ3v) is 1.99. The molecule has 0 saturated carbocycles. The molecule has 0 saturated heterocycles. The predicted octanol–water partition coefficient (Wildman–Crippen LogP) is 2.52. The zero-order valence-electron chi connectivity index (χ0n) is 6.61. The average molecular weight is 184 g/mol. The molecule has 0 aliphatic carbocycles. The monoisotopic (exact) mass is 183 g/mol. The summed E-state index contributed by atoms with van der Waals surface area (Å²) in [5.74, 6) is 0. The van der Waals surface area contributed by atoms with E-state index < -0.39 is 0 Å². The van der Waals surface area contributed by atoms with E-state index in [1.807, 2.05) is 0 Å². The third kappa shape index (κ3) is 5.33. The Balaban J connectivity index is 3.26. The van der Waals surface area contributed by atoms with Crippen LogP contribution in [0.5, 0.6) is 0 Å². The van der Waals surface area contributed by atoms with Crippen LogP contribution in [0.15, 0.2) is 0 Å². The van der Waals surface area contributed by atoms with E-state index in [0.717, 1.165) is 26.1 Å². The van der Waals surface area contributed by atoms with Crippen molar-refractivity contribution in [3.63, 3.8) is 0 Å². The Hall–Kier alpha value is 0.540. The zero-order chi connectivity index (χ0) is 7.98. The summed E-state index contributed by atoms with van der Waals surface area (Å²) >= 11 is 11.1. The molecule has 0 rings (SSSR count). The lowest BCUT2D eigenvalue weighted by Crippen LogP contribution is -2.24. The van der Waals surface area contributed by atoms with Gasteiger partial charge in [-0.25, -0.2) is 0 Å². The van der Waals surface area contributed by atoms with E-state index in [0.29, 0.717) is 0 Å². The van der Waals surface area contributed by atoms with E-state index in [9.17, 15) is 0 Å². The first-order valence-corrected chi connectivity index (χ1v) is 4.58. The third-order valence-electron chi connectivity index (χ3n) is 1.56. The van der Waals surface area contributed by atoms with Crippen molar-refractivity contribution < 1.29 is 0 Å². The van der Waals surface area contributed by atoms with E-state index >= 15 is 0 Å². The topological polar surface area (TPSA) is 3.24 Å². The zero-order valence-corrected chi connectivity index (χ0v) is 8.12. The number of rotatable bonds is 5. The second kappa shape index (κ2) is 6.26. The number of hydrogen-bond acceptors (Lipinski definition) is 1. The number of hydrogen-bond donors (Lipinski definition) is 0. The van der Waals surface area contributed by atoms with Crippen LogP contribution in [-0.2, 0) is 0 Å². The van der Waals surface area contributed by atoms with E-state index in [2.05, 4.69) is 18.7 Å². The van der Waals surface area contributed by atoms with Crippen molar-refractivity contribution in [2.75, 3.05) is 19.6 Å². The maximum atomic E-state index is 5.57. The van der Waals surface area contributed by atoms with Crippen LogP contribution in [0.1, 0.15) is 20.3 Å². The molecule has 0 bridgehead atoms. The van der Waals surface area contributed by atoms with E-state index in [1.165, 1.54) is 0 Å². The summed E-state index contributed by atoms with van der Waals surface area (Å²) in [6.45, 7) is 7.45. The van der Waals surface area contributed by atoms with Crippen LogP contribution in [0.3, 0.4) is 0 Å². The van der Waals surface area contributed by atoms with Crippen molar-refractivity contribution in [3.05, 3.63) is 0 Å². The minimum atomic E-state index is -0.208. The Morgan fingerprint density at radius 2 is 1.70 bits per heavy atom. The van der Waals surface area contributed by atoms with Crippen LogP contribution in [0.25, 0.3) is 0 Å². The van der Waals surface area contributed by atoms with Crippen molar-refractivity contribution >= 4 is 23.2 Å². The van der Waals surface area contributed by atoms with Gasteiger partial charge in [0, 0.05) is 6.54 Å². The van der Waals surface area contributed by atoms with Gasteiger partial charge < -0.3 is 4.90 Å². The van der Waals surface area contributed by atoms with Crippen LogP contribution < -0.4 is 0 Å². The second-order valence-corrected chi connectivity index (χ2v) is 3.48. The Morgan fingerprint density at radius 3 is 2.00 bits per heavy atom. The van der Waals surface area contributed by atoms with E-state index in [1.54, 1.807) is 0 Å². The molecule has 0 aliphatic rings. The molecule has 0 fully saturated rings. The summed E-state index contributed by atoms with van der Waals surface area (Å²) in [7, 11) is 0. The molecule has 0 aliphatic heterocycles. The summed E-state index contributed by atoms with van der Waals surface area (Å²) in [6.07, 6.45) is 0.866. The van der Waals surface area contributed by atoms with Gasteiger partial charge in [-0.3, -0.25) is 0 Å². The fourth-order valence-corrected chi connectivity index (χ4v) is 1.02. The number of alkyl halides is 2. The highest BCUT2D eigenvalue weighted by Gasteiger charge is 2.02. The Morgan fingerprint density at radius 1 is 1.20 bits per heavy atom. The van der Waals surface area contributed by atoms with Gasteiger partial charge in [0.1, 0.15) is 4.84 Å². The van der Waals surface area contributed by atoms with Crippen molar-refractivity contribution in [3.8, 4) is 0 Å². The summed E-state index contributed by atoms with van der Waals surface area (Å²) in [6, 6.07) is 0. The maximum Gasteiger partial charge on any atom is 0.109 e. The lowest BCUT2D eigenvalue weighted by molar-refractivity contribution is 0.303. The molecular formula is C7H15Cl2N. The normalized spacial score (nSPS) is 11.4. The molecule has 0 atom stereocenters. The first-order chi connectivity index (χ1) is 4.70. The lowest BCUT2D eigenvalue weighted by atomic mass is 10.4. The van der Waals surface area contributed by atoms with Gasteiger partial charge >= 0.3 is 0 Å². The lowest BCUT2D eigenvalue weighted by Gasteiger charge is -2.17. The molecule has 1 nitrogen and oxygen atoms in total. The van der Waals surface area contributed by atoms with Gasteiger partial charge in [-0.1, -0.05) is 13.8 Å². The maximum absolute atomic E-state index is 5.57. The molecule has 0 amide bonds. The van der Waals surface area contributed by atoms with Crippen molar-refractivity contribution in [1.82, 2.24) is 4.90 Å². The van der Waals surface area contributed by atoms with Crippen LogP contribution in [0.4, 0.5) is 0 Å². The van der Waals surface area contributed by atoms with Crippen LogP contribution in [0.2, 0.25) is 0 Å². The number of halogens is 2. The minimum Gasteiger partial charge on any atom is -0.304 e. The highest BCUT2D eigenvalue weighted by molar-refractivity contribution is 6.44. The van der Waals surface area contributed by atoms with Gasteiger partial charge in [-0.2, -0.15) is 0 Å². The molecule has 0 N–H and O–H groups in total. The second-order valence-electron chi connectivity index (χ2n) is 2.21. The Bertz CT molecular complexity index is 72.0. The van der Waals surface area contributed by atoms with E-state index in [-0.39, 0.29) is 4.84 Å². The largest absolute Gasteiger partial charge is 0.304 e. The minimum absolute atomic E-state index is 0.208. The highest BCUT2D eigenvalue weighted by Crippen LogP contribution is 2.07. The molecule has 0 aromatic rings. The summed E-state index contributed by atoms with van der Waals surface area (Å²) in [5.41, 5.74) is 0. The van der Waals surface area contributed by atoms with Gasteiger partial charge in [0.05, 0.1) is 0 Å². The Kier molecular flexibility index (Phi) is 6.60. The van der Waals surface area contributed by atoms with Gasteiger partial charge in [-0.15, -0.1) is 23.2 Å². The van der Waals surface area contributed by atoms with Crippen LogP contribution in [0, 0.1) is 0 Å². The van der Waals surface area contributed by atoms with Crippen LogP contribution >= 0.6 is 23.2 Å². The Labute approximate surface area is 73.3 Å². The van der Waals surface area contributed by atoms with Crippen LogP contribution in [-0.4, -0.2) is 29.4 Å². The number of nitrogens with zero attached hydrogens (tertiary/aromatic N) is 1. The summed E-state index contributed by atoms with van der Waals surface area (Å²) in [4.78, 5) is 2.10. The van der Waals surface area contributed by atoms with Crippen molar-refractivity contribution in [1.29, 1.82) is 0 Å². The predicted molar refractivity (Wildman–Crippen MR) is 47.9 cm³/mol. The molecule has 0 radical (unpaired) electrons. The first kappa shape index (κ1) is 10.5. The SMILES string of the molecule is CCN(CC)CCC(Cl)Cl. The fourth-order valence-electron chi connectivity index (χ4n) is 0.820. The molecule has 62 valence electrons. The van der Waals surface area contributed by atoms with Crippen molar-refractivity contribution in [2.45, 2.75) is 25.1 Å². The first-order valence-electron chi connectivity index (χ1n) is 3.71.